The fourth-order valence-corrected chi connectivity index (χ4v) is 2.45. The maximum atomic E-state index is 11.5. The molecular weight excluding hydrogens is 192 g/mol. The van der Waals surface area contributed by atoms with Gasteiger partial charge in [0.15, 0.2) is 0 Å². The molecule has 3 heteroatoms. The van der Waals surface area contributed by atoms with Crippen molar-refractivity contribution in [3.05, 3.63) is 12.7 Å². The van der Waals surface area contributed by atoms with Crippen molar-refractivity contribution >= 4 is 5.97 Å². The number of aliphatic hydroxyl groups is 1. The normalized spacial score (nSPS) is 33.1. The van der Waals surface area contributed by atoms with E-state index >= 15 is 0 Å². The van der Waals surface area contributed by atoms with Gasteiger partial charge < -0.3 is 9.84 Å². The van der Waals surface area contributed by atoms with Crippen molar-refractivity contribution in [1.82, 2.24) is 0 Å². The largest absolute Gasteiger partial charge is 0.468 e. The second-order valence-corrected chi connectivity index (χ2v) is 4.37. The molecule has 1 aliphatic carbocycles. The molecular formula is C12H20O3. The highest BCUT2D eigenvalue weighted by Gasteiger charge is 2.45. The van der Waals surface area contributed by atoms with Gasteiger partial charge in [0.1, 0.15) is 5.92 Å². The number of carbonyl (C=O) groups excluding carboxylic acids is 1. The quantitative estimate of drug-likeness (QED) is 0.574. The van der Waals surface area contributed by atoms with Crippen LogP contribution in [0.1, 0.15) is 32.6 Å². The first-order valence-electron chi connectivity index (χ1n) is 5.49. The second kappa shape index (κ2) is 4.79. The van der Waals surface area contributed by atoms with Crippen LogP contribution < -0.4 is 0 Å². The van der Waals surface area contributed by atoms with Crippen molar-refractivity contribution in [2.45, 2.75) is 38.2 Å². The third-order valence-corrected chi connectivity index (χ3v) is 3.55. The SMILES string of the molecule is C=CC(C(=O)OC)C1(O)CCCCC1C. The standard InChI is InChI=1S/C12H20O3/c1-4-10(11(13)15-3)12(14)8-6-5-7-9(12)2/h4,9-10,14H,1,5-8H2,2-3H3. The number of ether oxygens (including phenoxy) is 1. The van der Waals surface area contributed by atoms with Crippen LogP contribution in [0.3, 0.4) is 0 Å². The third kappa shape index (κ3) is 2.23. The minimum Gasteiger partial charge on any atom is -0.468 e. The summed E-state index contributed by atoms with van der Waals surface area (Å²) in [4.78, 5) is 11.5. The third-order valence-electron chi connectivity index (χ3n) is 3.55. The molecule has 1 aliphatic rings. The topological polar surface area (TPSA) is 46.5 Å². The smallest absolute Gasteiger partial charge is 0.315 e. The van der Waals surface area contributed by atoms with E-state index in [1.165, 1.54) is 13.2 Å². The number of esters is 1. The Labute approximate surface area is 91.1 Å². The van der Waals surface area contributed by atoms with Crippen LogP contribution >= 0.6 is 0 Å². The summed E-state index contributed by atoms with van der Waals surface area (Å²) in [6, 6.07) is 0. The van der Waals surface area contributed by atoms with Crippen LogP contribution in [0.25, 0.3) is 0 Å². The van der Waals surface area contributed by atoms with Gasteiger partial charge in [-0.2, -0.15) is 0 Å². The van der Waals surface area contributed by atoms with Gasteiger partial charge in [0.25, 0.3) is 0 Å². The molecule has 3 nitrogen and oxygen atoms in total. The van der Waals surface area contributed by atoms with Crippen molar-refractivity contribution in [3.63, 3.8) is 0 Å². The van der Waals surface area contributed by atoms with Gasteiger partial charge in [-0.3, -0.25) is 4.79 Å². The fraction of sp³-hybridized carbons (Fsp3) is 0.750. The van der Waals surface area contributed by atoms with Crippen molar-refractivity contribution in [2.75, 3.05) is 7.11 Å². The molecule has 0 aliphatic heterocycles. The molecule has 1 rings (SSSR count). The van der Waals surface area contributed by atoms with E-state index in [2.05, 4.69) is 6.58 Å². The minimum absolute atomic E-state index is 0.119. The lowest BCUT2D eigenvalue weighted by molar-refractivity contribution is -0.159. The molecule has 0 heterocycles. The minimum atomic E-state index is -0.965. The van der Waals surface area contributed by atoms with E-state index in [9.17, 15) is 9.90 Å². The Morgan fingerprint density at radius 2 is 2.33 bits per heavy atom. The first-order chi connectivity index (χ1) is 7.06. The lowest BCUT2D eigenvalue weighted by Gasteiger charge is -2.41. The summed E-state index contributed by atoms with van der Waals surface area (Å²) in [5.41, 5.74) is -0.965. The number of methoxy groups -OCH3 is 1. The number of carbonyl (C=O) groups is 1. The van der Waals surface area contributed by atoms with Crippen molar-refractivity contribution in [3.8, 4) is 0 Å². The van der Waals surface area contributed by atoms with Gasteiger partial charge in [-0.1, -0.05) is 25.8 Å². The van der Waals surface area contributed by atoms with Crippen LogP contribution in [0.2, 0.25) is 0 Å². The van der Waals surface area contributed by atoms with E-state index in [0.29, 0.717) is 6.42 Å². The molecule has 3 atom stereocenters. The molecule has 0 saturated heterocycles. The summed E-state index contributed by atoms with van der Waals surface area (Å²) < 4.78 is 4.70. The molecule has 15 heavy (non-hydrogen) atoms. The summed E-state index contributed by atoms with van der Waals surface area (Å²) in [5.74, 6) is -0.868. The van der Waals surface area contributed by atoms with Gasteiger partial charge in [-0.05, 0) is 18.8 Å². The van der Waals surface area contributed by atoms with Crippen LogP contribution in [0.4, 0.5) is 0 Å². The summed E-state index contributed by atoms with van der Waals surface area (Å²) in [6.45, 7) is 5.61. The average molecular weight is 212 g/mol. The molecule has 0 spiro atoms. The van der Waals surface area contributed by atoms with E-state index < -0.39 is 11.5 Å². The summed E-state index contributed by atoms with van der Waals surface area (Å²) in [6.07, 6.45) is 5.20. The number of hydrogen-bond donors (Lipinski definition) is 1. The highest BCUT2D eigenvalue weighted by molar-refractivity contribution is 5.75. The maximum absolute atomic E-state index is 11.5. The fourth-order valence-electron chi connectivity index (χ4n) is 2.45. The van der Waals surface area contributed by atoms with Crippen LogP contribution in [-0.2, 0) is 9.53 Å². The average Bonchev–Trinajstić information content (AvgIpc) is 2.23. The van der Waals surface area contributed by atoms with E-state index in [-0.39, 0.29) is 11.9 Å². The molecule has 0 aromatic carbocycles. The Morgan fingerprint density at radius 3 is 2.80 bits per heavy atom. The maximum Gasteiger partial charge on any atom is 0.315 e. The monoisotopic (exact) mass is 212 g/mol. The van der Waals surface area contributed by atoms with Crippen LogP contribution in [-0.4, -0.2) is 23.8 Å². The van der Waals surface area contributed by atoms with Crippen LogP contribution in [0.15, 0.2) is 12.7 Å². The molecule has 0 bridgehead atoms. The molecule has 1 fully saturated rings. The predicted molar refractivity (Wildman–Crippen MR) is 58.3 cm³/mol. The van der Waals surface area contributed by atoms with Crippen molar-refractivity contribution in [1.29, 1.82) is 0 Å². The van der Waals surface area contributed by atoms with Crippen molar-refractivity contribution in [2.24, 2.45) is 11.8 Å². The van der Waals surface area contributed by atoms with Gasteiger partial charge in [0.05, 0.1) is 12.7 Å². The Kier molecular flexibility index (Phi) is 3.91. The predicted octanol–water partition coefficient (Wildman–Crippen LogP) is 1.90. The lowest BCUT2D eigenvalue weighted by atomic mass is 9.69. The highest BCUT2D eigenvalue weighted by atomic mass is 16.5. The zero-order valence-electron chi connectivity index (χ0n) is 9.53. The molecule has 0 radical (unpaired) electrons. The van der Waals surface area contributed by atoms with Gasteiger partial charge in [-0.25, -0.2) is 0 Å². The number of rotatable bonds is 3. The summed E-state index contributed by atoms with van der Waals surface area (Å²) >= 11 is 0. The summed E-state index contributed by atoms with van der Waals surface area (Å²) in [7, 11) is 1.34. The highest BCUT2D eigenvalue weighted by Crippen LogP contribution is 2.39. The Morgan fingerprint density at radius 1 is 1.67 bits per heavy atom. The first-order valence-corrected chi connectivity index (χ1v) is 5.49. The number of hydrogen-bond acceptors (Lipinski definition) is 3. The van der Waals surface area contributed by atoms with Gasteiger partial charge in [0, 0.05) is 0 Å². The van der Waals surface area contributed by atoms with Crippen LogP contribution in [0.5, 0.6) is 0 Å². The van der Waals surface area contributed by atoms with Gasteiger partial charge in [-0.15, -0.1) is 6.58 Å². The molecule has 86 valence electrons. The Hall–Kier alpha value is -0.830. The van der Waals surface area contributed by atoms with E-state index in [0.717, 1.165) is 19.3 Å². The molecule has 1 saturated carbocycles. The van der Waals surface area contributed by atoms with Crippen molar-refractivity contribution < 1.29 is 14.6 Å². The summed E-state index contributed by atoms with van der Waals surface area (Å²) in [5, 5.41) is 10.5. The molecule has 0 aromatic rings. The van der Waals surface area contributed by atoms with Gasteiger partial charge >= 0.3 is 5.97 Å². The molecule has 1 N–H and O–H groups in total. The second-order valence-electron chi connectivity index (χ2n) is 4.37. The molecule has 0 amide bonds. The molecule has 3 unspecified atom stereocenters. The zero-order chi connectivity index (χ0) is 11.5. The van der Waals surface area contributed by atoms with Gasteiger partial charge in [0.2, 0.25) is 0 Å². The van der Waals surface area contributed by atoms with Crippen LogP contribution in [0, 0.1) is 11.8 Å². The van der Waals surface area contributed by atoms with E-state index in [1.54, 1.807) is 0 Å². The zero-order valence-corrected chi connectivity index (χ0v) is 9.53. The van der Waals surface area contributed by atoms with E-state index in [1.807, 2.05) is 6.92 Å². The first kappa shape index (κ1) is 12.2. The Bertz CT molecular complexity index is 249. The Balaban J connectivity index is 2.88. The lowest BCUT2D eigenvalue weighted by Crippen LogP contribution is -2.48. The molecule has 0 aromatic heterocycles. The van der Waals surface area contributed by atoms with E-state index in [4.69, 9.17) is 4.74 Å².